The predicted octanol–water partition coefficient (Wildman–Crippen LogP) is 0.955. The zero-order chi connectivity index (χ0) is 16.2. The third-order valence-corrected chi connectivity index (χ3v) is 6.01. The smallest absolute Gasteiger partial charge is 0.350 e. The number of nitrogens with two attached hydrogens (primary N) is 1. The van der Waals surface area contributed by atoms with Crippen LogP contribution in [0.3, 0.4) is 0 Å². The molecule has 0 aromatic carbocycles. The Morgan fingerprint density at radius 2 is 1.86 bits per heavy atom. The number of alkyl halides is 2. The fourth-order valence-corrected chi connectivity index (χ4v) is 3.63. The summed E-state index contributed by atoms with van der Waals surface area (Å²) in [5.41, 5.74) is 5.79. The Bertz CT molecular complexity index is 486. The average Bonchev–Trinajstić information content (AvgIpc) is 2.43. The lowest BCUT2D eigenvalue weighted by Crippen LogP contribution is -2.44. The molecule has 0 aromatic rings. The van der Waals surface area contributed by atoms with Crippen LogP contribution in [0.1, 0.15) is 32.1 Å². The predicted molar refractivity (Wildman–Crippen MR) is 81.1 cm³/mol. The van der Waals surface area contributed by atoms with Gasteiger partial charge in [0.05, 0.1) is 0 Å². The molecule has 3 N–H and O–H groups in total. The zero-order valence-electron chi connectivity index (χ0n) is 12.5. The number of rotatable bonds is 6. The lowest BCUT2D eigenvalue weighted by molar-refractivity contribution is 0.204. The summed E-state index contributed by atoms with van der Waals surface area (Å²) in [5.74, 6) is -2.05. The summed E-state index contributed by atoms with van der Waals surface area (Å²) in [6.07, 6.45) is 4.80. The van der Waals surface area contributed by atoms with Crippen molar-refractivity contribution in [1.29, 1.82) is 0 Å². The first-order chi connectivity index (χ1) is 10.4. The molecule has 9 heteroatoms. The highest BCUT2D eigenvalue weighted by molar-refractivity contribution is 7.89. The largest absolute Gasteiger partial charge is 0.370 e. The highest BCUT2D eigenvalue weighted by atomic mass is 32.2. The molecule has 0 amide bonds. The van der Waals surface area contributed by atoms with Crippen molar-refractivity contribution < 1.29 is 17.2 Å². The maximum Gasteiger partial charge on any atom is 0.350 e. The average molecular weight is 338 g/mol. The number of piperidine rings is 1. The molecule has 6 nitrogen and oxygen atoms in total. The third-order valence-electron chi connectivity index (χ3n) is 4.47. The zero-order valence-corrected chi connectivity index (χ0v) is 13.4. The van der Waals surface area contributed by atoms with Crippen LogP contribution in [0.4, 0.5) is 8.78 Å². The summed E-state index contributed by atoms with van der Waals surface area (Å²) >= 11 is 0. The van der Waals surface area contributed by atoms with Crippen LogP contribution in [-0.4, -0.2) is 50.6 Å². The summed E-state index contributed by atoms with van der Waals surface area (Å²) < 4.78 is 48.5. The quantitative estimate of drug-likeness (QED) is 0.558. The molecular formula is C13H24F2N4O2S. The fourth-order valence-electron chi connectivity index (χ4n) is 2.69. The topological polar surface area (TPSA) is 87.8 Å². The molecule has 0 spiro atoms. The maximum atomic E-state index is 12.5. The van der Waals surface area contributed by atoms with Crippen LogP contribution in [0, 0.1) is 11.8 Å². The van der Waals surface area contributed by atoms with Gasteiger partial charge in [-0.2, -0.15) is 13.1 Å². The number of aliphatic imine (C=N–C) groups is 1. The SMILES string of the molecule is NC(=NCC1CCC1)NCC1CCN(S(=O)(=O)C(F)F)CC1. The Hall–Kier alpha value is -0.960. The second-order valence-corrected chi connectivity index (χ2v) is 7.95. The van der Waals surface area contributed by atoms with Crippen molar-refractivity contribution in [3.8, 4) is 0 Å². The van der Waals surface area contributed by atoms with E-state index in [-0.39, 0.29) is 19.0 Å². The van der Waals surface area contributed by atoms with Crippen molar-refractivity contribution in [1.82, 2.24) is 9.62 Å². The first-order valence-electron chi connectivity index (χ1n) is 7.70. The Morgan fingerprint density at radius 1 is 1.23 bits per heavy atom. The Labute approximate surface area is 130 Å². The number of hydrogen-bond donors (Lipinski definition) is 2. The molecule has 0 unspecified atom stereocenters. The van der Waals surface area contributed by atoms with Crippen LogP contribution < -0.4 is 11.1 Å². The van der Waals surface area contributed by atoms with Crippen molar-refractivity contribution in [3.05, 3.63) is 0 Å². The minimum Gasteiger partial charge on any atom is -0.370 e. The molecule has 1 aliphatic heterocycles. The van der Waals surface area contributed by atoms with Gasteiger partial charge in [-0.05, 0) is 37.5 Å². The highest BCUT2D eigenvalue weighted by Gasteiger charge is 2.34. The van der Waals surface area contributed by atoms with Gasteiger partial charge in [0.1, 0.15) is 0 Å². The molecule has 0 radical (unpaired) electrons. The van der Waals surface area contributed by atoms with E-state index in [0.717, 1.165) is 10.8 Å². The van der Waals surface area contributed by atoms with Gasteiger partial charge in [0.15, 0.2) is 5.96 Å². The normalized spacial score (nSPS) is 22.8. The van der Waals surface area contributed by atoms with Gasteiger partial charge in [0.2, 0.25) is 0 Å². The van der Waals surface area contributed by atoms with E-state index in [1.165, 1.54) is 19.3 Å². The summed E-state index contributed by atoms with van der Waals surface area (Å²) in [6.45, 7) is 1.63. The summed E-state index contributed by atoms with van der Waals surface area (Å²) in [7, 11) is -4.44. The Morgan fingerprint density at radius 3 is 2.36 bits per heavy atom. The molecule has 0 atom stereocenters. The molecule has 1 saturated carbocycles. The van der Waals surface area contributed by atoms with Crippen LogP contribution in [0.5, 0.6) is 0 Å². The first-order valence-corrected chi connectivity index (χ1v) is 9.21. The number of nitrogens with one attached hydrogen (secondary N) is 1. The standard InChI is InChI=1S/C13H24F2N4O2S/c14-12(15)22(20,21)19-6-4-11(5-7-19)9-18-13(16)17-8-10-2-1-3-10/h10-12H,1-9H2,(H3,16,17,18). The minimum atomic E-state index is -4.44. The second-order valence-electron chi connectivity index (χ2n) is 6.05. The summed E-state index contributed by atoms with van der Waals surface area (Å²) in [5, 5.41) is 3.04. The van der Waals surface area contributed by atoms with E-state index in [9.17, 15) is 17.2 Å². The van der Waals surface area contributed by atoms with Gasteiger partial charge in [-0.25, -0.2) is 8.42 Å². The van der Waals surface area contributed by atoms with Crippen molar-refractivity contribution in [2.24, 2.45) is 22.6 Å². The van der Waals surface area contributed by atoms with Gasteiger partial charge >= 0.3 is 5.76 Å². The van der Waals surface area contributed by atoms with Crippen LogP contribution in [-0.2, 0) is 10.0 Å². The van der Waals surface area contributed by atoms with Crippen LogP contribution in [0.25, 0.3) is 0 Å². The molecule has 1 heterocycles. The number of hydrogen-bond acceptors (Lipinski definition) is 3. The summed E-state index contributed by atoms with van der Waals surface area (Å²) in [6, 6.07) is 0. The number of halogens is 2. The van der Waals surface area contributed by atoms with Crippen LogP contribution in [0.15, 0.2) is 4.99 Å². The molecule has 128 valence electrons. The van der Waals surface area contributed by atoms with Gasteiger partial charge in [0.25, 0.3) is 10.0 Å². The molecule has 1 saturated heterocycles. The molecule has 22 heavy (non-hydrogen) atoms. The minimum absolute atomic E-state index is 0.137. The molecular weight excluding hydrogens is 314 g/mol. The van der Waals surface area contributed by atoms with Crippen LogP contribution >= 0.6 is 0 Å². The molecule has 2 rings (SSSR count). The van der Waals surface area contributed by atoms with Gasteiger partial charge < -0.3 is 11.1 Å². The molecule has 2 fully saturated rings. The van der Waals surface area contributed by atoms with E-state index in [2.05, 4.69) is 10.3 Å². The lowest BCUT2D eigenvalue weighted by atomic mass is 9.86. The van der Waals surface area contributed by atoms with Gasteiger partial charge in [-0.1, -0.05) is 6.42 Å². The number of guanidine groups is 1. The van der Waals surface area contributed by atoms with Gasteiger partial charge in [-0.15, -0.1) is 0 Å². The Balaban J connectivity index is 1.69. The molecule has 0 aromatic heterocycles. The second kappa shape index (κ2) is 7.54. The van der Waals surface area contributed by atoms with E-state index >= 15 is 0 Å². The van der Waals surface area contributed by atoms with E-state index in [0.29, 0.717) is 31.3 Å². The summed E-state index contributed by atoms with van der Waals surface area (Å²) in [4.78, 5) is 4.29. The third kappa shape index (κ3) is 4.52. The van der Waals surface area contributed by atoms with Gasteiger partial charge in [-0.3, -0.25) is 4.99 Å². The number of nitrogens with zero attached hydrogens (tertiary/aromatic N) is 2. The van der Waals surface area contributed by atoms with Crippen molar-refractivity contribution in [2.45, 2.75) is 37.9 Å². The van der Waals surface area contributed by atoms with Crippen LogP contribution in [0.2, 0.25) is 0 Å². The first kappa shape index (κ1) is 17.4. The van der Waals surface area contributed by atoms with E-state index < -0.39 is 15.8 Å². The van der Waals surface area contributed by atoms with Crippen molar-refractivity contribution in [3.63, 3.8) is 0 Å². The molecule has 1 aliphatic carbocycles. The molecule has 2 aliphatic rings. The van der Waals surface area contributed by atoms with E-state index in [1.807, 2.05) is 0 Å². The highest BCUT2D eigenvalue weighted by Crippen LogP contribution is 2.26. The monoisotopic (exact) mass is 338 g/mol. The van der Waals surface area contributed by atoms with Crippen molar-refractivity contribution in [2.75, 3.05) is 26.2 Å². The van der Waals surface area contributed by atoms with Gasteiger partial charge in [0, 0.05) is 26.2 Å². The lowest BCUT2D eigenvalue weighted by Gasteiger charge is -2.31. The van der Waals surface area contributed by atoms with E-state index in [4.69, 9.17) is 5.73 Å². The van der Waals surface area contributed by atoms with Crippen molar-refractivity contribution >= 4 is 16.0 Å². The number of sulfonamides is 1. The maximum absolute atomic E-state index is 12.5. The van der Waals surface area contributed by atoms with E-state index in [1.54, 1.807) is 0 Å². The molecule has 0 bridgehead atoms. The Kier molecular flexibility index (Phi) is 5.96. The fraction of sp³-hybridized carbons (Fsp3) is 0.923.